The van der Waals surface area contributed by atoms with Gasteiger partial charge in [-0.2, -0.15) is 0 Å². The maximum atomic E-state index is 9.05. The minimum Gasteiger partial charge on any atom is -0.409 e. The first-order valence-electron chi connectivity index (χ1n) is 6.59. The number of aliphatic hydroxyl groups excluding tert-OH is 1. The van der Waals surface area contributed by atoms with Gasteiger partial charge in [0.2, 0.25) is 0 Å². The highest BCUT2D eigenvalue weighted by Gasteiger charge is 2.17. The van der Waals surface area contributed by atoms with Gasteiger partial charge in [0.25, 0.3) is 0 Å². The molecular formula is C14H23N3O2. The molecule has 0 bridgehead atoms. The van der Waals surface area contributed by atoms with Gasteiger partial charge in [-0.3, -0.25) is 0 Å². The molecule has 0 heterocycles. The molecule has 0 aliphatic heterocycles. The Kier molecular flexibility index (Phi) is 6.92. The molecule has 1 rings (SSSR count). The number of amidine groups is 1. The molecule has 2 atom stereocenters. The van der Waals surface area contributed by atoms with Crippen LogP contribution in [-0.2, 0) is 0 Å². The van der Waals surface area contributed by atoms with E-state index in [1.54, 1.807) is 0 Å². The summed E-state index contributed by atoms with van der Waals surface area (Å²) in [7, 11) is 0. The molecule has 0 spiro atoms. The summed E-state index contributed by atoms with van der Waals surface area (Å²) in [6.45, 7) is 2.22. The zero-order valence-electron chi connectivity index (χ0n) is 11.3. The molecule has 2 unspecified atom stereocenters. The van der Waals surface area contributed by atoms with Crippen molar-refractivity contribution in [2.45, 2.75) is 38.3 Å². The van der Waals surface area contributed by atoms with Gasteiger partial charge in [-0.25, -0.2) is 0 Å². The minimum absolute atomic E-state index is 0.0198. The van der Waals surface area contributed by atoms with Crippen molar-refractivity contribution in [3.8, 4) is 0 Å². The first-order chi connectivity index (χ1) is 9.21. The number of oxime groups is 1. The second kappa shape index (κ2) is 8.50. The molecule has 5 heteroatoms. The normalized spacial score (nSPS) is 15.2. The molecule has 106 valence electrons. The second-order valence-electron chi connectivity index (χ2n) is 4.54. The molecular weight excluding hydrogens is 242 g/mol. The summed E-state index contributed by atoms with van der Waals surface area (Å²) in [5, 5.41) is 24.3. The first kappa shape index (κ1) is 15.5. The Hall–Kier alpha value is -1.59. The van der Waals surface area contributed by atoms with E-state index in [2.05, 4.69) is 17.4 Å². The standard InChI is InChI=1S/C14H23N3O2/c1-2-12(8-9-18)16-13(10-14(15)17-19)11-6-4-3-5-7-11/h3-7,12-13,16,18-19H,2,8-10H2,1H3,(H2,15,17). The van der Waals surface area contributed by atoms with Gasteiger partial charge in [0.1, 0.15) is 5.84 Å². The van der Waals surface area contributed by atoms with Gasteiger partial charge < -0.3 is 21.4 Å². The summed E-state index contributed by atoms with van der Waals surface area (Å²) < 4.78 is 0. The molecule has 1 aromatic rings. The number of nitrogens with zero attached hydrogens (tertiary/aromatic N) is 1. The summed E-state index contributed by atoms with van der Waals surface area (Å²) in [5.74, 6) is 0.195. The van der Waals surface area contributed by atoms with Gasteiger partial charge in [-0.15, -0.1) is 0 Å². The molecule has 0 aliphatic carbocycles. The lowest BCUT2D eigenvalue weighted by molar-refractivity contribution is 0.255. The van der Waals surface area contributed by atoms with Crippen LogP contribution in [0.5, 0.6) is 0 Å². The lowest BCUT2D eigenvalue weighted by Crippen LogP contribution is -2.35. The average molecular weight is 265 g/mol. The summed E-state index contributed by atoms with van der Waals surface area (Å²) in [5.41, 5.74) is 6.70. The predicted octanol–water partition coefficient (Wildman–Crippen LogP) is 1.61. The second-order valence-corrected chi connectivity index (χ2v) is 4.54. The van der Waals surface area contributed by atoms with E-state index < -0.39 is 0 Å². The highest BCUT2D eigenvalue weighted by Crippen LogP contribution is 2.18. The van der Waals surface area contributed by atoms with Crippen molar-refractivity contribution in [3.05, 3.63) is 35.9 Å². The number of nitrogens with one attached hydrogen (secondary N) is 1. The quantitative estimate of drug-likeness (QED) is 0.249. The summed E-state index contributed by atoms with van der Waals surface area (Å²) >= 11 is 0. The van der Waals surface area contributed by atoms with E-state index in [0.29, 0.717) is 12.8 Å². The molecule has 0 radical (unpaired) electrons. The average Bonchev–Trinajstić information content (AvgIpc) is 2.46. The van der Waals surface area contributed by atoms with E-state index in [1.165, 1.54) is 0 Å². The van der Waals surface area contributed by atoms with Crippen molar-refractivity contribution in [1.29, 1.82) is 0 Å². The smallest absolute Gasteiger partial charge is 0.141 e. The molecule has 0 aromatic heterocycles. The van der Waals surface area contributed by atoms with Gasteiger partial charge in [-0.05, 0) is 18.4 Å². The number of rotatable bonds is 8. The fourth-order valence-electron chi connectivity index (χ4n) is 2.05. The molecule has 5 nitrogen and oxygen atoms in total. The maximum Gasteiger partial charge on any atom is 0.141 e. The summed E-state index contributed by atoms with van der Waals surface area (Å²) in [6.07, 6.45) is 2.04. The van der Waals surface area contributed by atoms with Crippen molar-refractivity contribution >= 4 is 5.84 Å². The van der Waals surface area contributed by atoms with Crippen molar-refractivity contribution in [1.82, 2.24) is 5.32 Å². The predicted molar refractivity (Wildman–Crippen MR) is 76.1 cm³/mol. The Morgan fingerprint density at radius 2 is 2.05 bits per heavy atom. The van der Waals surface area contributed by atoms with E-state index in [1.807, 2.05) is 30.3 Å². The van der Waals surface area contributed by atoms with Crippen LogP contribution in [0, 0.1) is 0 Å². The van der Waals surface area contributed by atoms with Crippen LogP contribution in [0.3, 0.4) is 0 Å². The Morgan fingerprint density at radius 1 is 1.37 bits per heavy atom. The van der Waals surface area contributed by atoms with Crippen LogP contribution in [0.15, 0.2) is 35.5 Å². The lowest BCUT2D eigenvalue weighted by Gasteiger charge is -2.24. The van der Waals surface area contributed by atoms with Gasteiger partial charge in [0.15, 0.2) is 0 Å². The van der Waals surface area contributed by atoms with Crippen LogP contribution in [0.4, 0.5) is 0 Å². The molecule has 0 fully saturated rings. The largest absolute Gasteiger partial charge is 0.409 e. The monoisotopic (exact) mass is 265 g/mol. The highest BCUT2D eigenvalue weighted by atomic mass is 16.4. The molecule has 0 aliphatic rings. The van der Waals surface area contributed by atoms with Crippen LogP contribution in [-0.4, -0.2) is 28.8 Å². The van der Waals surface area contributed by atoms with Crippen LogP contribution < -0.4 is 11.1 Å². The van der Waals surface area contributed by atoms with Gasteiger partial charge in [0, 0.05) is 25.1 Å². The van der Waals surface area contributed by atoms with E-state index in [4.69, 9.17) is 16.0 Å². The van der Waals surface area contributed by atoms with E-state index in [-0.39, 0.29) is 24.5 Å². The fourth-order valence-corrected chi connectivity index (χ4v) is 2.05. The Morgan fingerprint density at radius 3 is 2.58 bits per heavy atom. The fraction of sp³-hybridized carbons (Fsp3) is 0.500. The van der Waals surface area contributed by atoms with Crippen molar-refractivity contribution < 1.29 is 10.3 Å². The third-order valence-electron chi connectivity index (χ3n) is 3.15. The van der Waals surface area contributed by atoms with Crippen LogP contribution >= 0.6 is 0 Å². The van der Waals surface area contributed by atoms with Crippen LogP contribution in [0.2, 0.25) is 0 Å². The number of hydrogen-bond acceptors (Lipinski definition) is 4. The first-order valence-corrected chi connectivity index (χ1v) is 6.59. The molecule has 5 N–H and O–H groups in total. The van der Waals surface area contributed by atoms with Crippen LogP contribution in [0.25, 0.3) is 0 Å². The van der Waals surface area contributed by atoms with Crippen LogP contribution in [0.1, 0.15) is 37.8 Å². The molecule has 0 saturated heterocycles. The van der Waals surface area contributed by atoms with E-state index in [9.17, 15) is 0 Å². The number of aliphatic hydroxyl groups is 1. The van der Waals surface area contributed by atoms with Gasteiger partial charge >= 0.3 is 0 Å². The summed E-state index contributed by atoms with van der Waals surface area (Å²) in [4.78, 5) is 0. The summed E-state index contributed by atoms with van der Waals surface area (Å²) in [6, 6.07) is 10.1. The zero-order valence-corrected chi connectivity index (χ0v) is 11.3. The number of hydrogen-bond donors (Lipinski definition) is 4. The van der Waals surface area contributed by atoms with Gasteiger partial charge in [-0.1, -0.05) is 42.4 Å². The SMILES string of the molecule is CCC(CCO)NC(C/C(N)=N/O)c1ccccc1. The number of nitrogens with two attached hydrogens (primary N) is 1. The van der Waals surface area contributed by atoms with E-state index >= 15 is 0 Å². The molecule has 1 aromatic carbocycles. The topological polar surface area (TPSA) is 90.9 Å². The van der Waals surface area contributed by atoms with E-state index in [0.717, 1.165) is 12.0 Å². The van der Waals surface area contributed by atoms with Gasteiger partial charge in [0.05, 0.1) is 0 Å². The lowest BCUT2D eigenvalue weighted by atomic mass is 10.0. The third kappa shape index (κ3) is 5.28. The highest BCUT2D eigenvalue weighted by molar-refractivity contribution is 5.80. The third-order valence-corrected chi connectivity index (χ3v) is 3.15. The molecule has 0 saturated carbocycles. The Balaban J connectivity index is 2.80. The Bertz CT molecular complexity index is 382. The zero-order chi connectivity index (χ0) is 14.1. The maximum absolute atomic E-state index is 9.05. The number of benzene rings is 1. The molecule has 0 amide bonds. The minimum atomic E-state index is -0.0198. The Labute approximate surface area is 114 Å². The van der Waals surface area contributed by atoms with Crippen molar-refractivity contribution in [2.75, 3.05) is 6.61 Å². The van der Waals surface area contributed by atoms with Crippen molar-refractivity contribution in [3.63, 3.8) is 0 Å². The van der Waals surface area contributed by atoms with Crippen molar-refractivity contribution in [2.24, 2.45) is 10.9 Å². The molecule has 19 heavy (non-hydrogen) atoms.